The summed E-state index contributed by atoms with van der Waals surface area (Å²) in [6.07, 6.45) is 10.3. The number of carbonyl (C=O) groups is 1. The normalized spacial score (nSPS) is 17.8. The van der Waals surface area contributed by atoms with Crippen LogP contribution in [0.15, 0.2) is 18.5 Å². The molecule has 0 bridgehead atoms. The van der Waals surface area contributed by atoms with Gasteiger partial charge in [-0.1, -0.05) is 12.8 Å². The van der Waals surface area contributed by atoms with E-state index in [0.717, 1.165) is 24.3 Å². The molecule has 1 saturated carbocycles. The predicted molar refractivity (Wildman–Crippen MR) is 51.8 cm³/mol. The number of aromatic nitrogens is 1. The van der Waals surface area contributed by atoms with Crippen LogP contribution in [0.3, 0.4) is 0 Å². The van der Waals surface area contributed by atoms with Gasteiger partial charge in [-0.15, -0.1) is 0 Å². The second kappa shape index (κ2) is 3.77. The molecule has 0 aromatic carbocycles. The molecule has 1 aromatic heterocycles. The Morgan fingerprint density at radius 2 is 2.23 bits per heavy atom. The summed E-state index contributed by atoms with van der Waals surface area (Å²) in [6.45, 7) is 1.09. The Morgan fingerprint density at radius 3 is 2.85 bits per heavy atom. The monoisotopic (exact) mass is 177 g/mol. The van der Waals surface area contributed by atoms with Crippen molar-refractivity contribution >= 4 is 6.29 Å². The molecule has 0 spiro atoms. The van der Waals surface area contributed by atoms with Crippen molar-refractivity contribution in [2.24, 2.45) is 5.92 Å². The summed E-state index contributed by atoms with van der Waals surface area (Å²) in [7, 11) is 0. The van der Waals surface area contributed by atoms with Gasteiger partial charge < -0.3 is 4.57 Å². The molecule has 1 fully saturated rings. The van der Waals surface area contributed by atoms with Gasteiger partial charge >= 0.3 is 0 Å². The van der Waals surface area contributed by atoms with Gasteiger partial charge in [-0.3, -0.25) is 4.79 Å². The Balaban J connectivity index is 1.96. The van der Waals surface area contributed by atoms with E-state index in [4.69, 9.17) is 0 Å². The molecule has 2 nitrogen and oxygen atoms in total. The lowest BCUT2D eigenvalue weighted by molar-refractivity contribution is 0.112. The Hall–Kier alpha value is -1.05. The van der Waals surface area contributed by atoms with Crippen molar-refractivity contribution in [3.63, 3.8) is 0 Å². The van der Waals surface area contributed by atoms with Gasteiger partial charge in [0, 0.05) is 24.5 Å². The van der Waals surface area contributed by atoms with E-state index >= 15 is 0 Å². The van der Waals surface area contributed by atoms with Crippen LogP contribution in [0.4, 0.5) is 0 Å². The highest BCUT2D eigenvalue weighted by Gasteiger charge is 2.14. The highest BCUT2D eigenvalue weighted by molar-refractivity contribution is 5.74. The molecular weight excluding hydrogens is 162 g/mol. The second-order valence-electron chi connectivity index (χ2n) is 3.91. The van der Waals surface area contributed by atoms with Crippen LogP contribution in [0.5, 0.6) is 0 Å². The summed E-state index contributed by atoms with van der Waals surface area (Å²) in [5.41, 5.74) is 0.790. The molecule has 70 valence electrons. The maximum absolute atomic E-state index is 10.4. The van der Waals surface area contributed by atoms with Crippen molar-refractivity contribution in [3.05, 3.63) is 24.0 Å². The molecule has 0 radical (unpaired) electrons. The van der Waals surface area contributed by atoms with Crippen LogP contribution >= 0.6 is 0 Å². The lowest BCUT2D eigenvalue weighted by atomic mass is 10.1. The van der Waals surface area contributed by atoms with Crippen molar-refractivity contribution in [2.45, 2.75) is 32.2 Å². The number of rotatable bonds is 3. The predicted octanol–water partition coefficient (Wildman–Crippen LogP) is 2.49. The molecule has 1 heterocycles. The van der Waals surface area contributed by atoms with Crippen LogP contribution in [0.25, 0.3) is 0 Å². The average Bonchev–Trinajstić information content (AvgIpc) is 2.76. The van der Waals surface area contributed by atoms with E-state index in [-0.39, 0.29) is 0 Å². The lowest BCUT2D eigenvalue weighted by Crippen LogP contribution is -2.04. The Kier molecular flexibility index (Phi) is 2.48. The van der Waals surface area contributed by atoms with Gasteiger partial charge in [0.05, 0.1) is 0 Å². The van der Waals surface area contributed by atoms with E-state index < -0.39 is 0 Å². The summed E-state index contributed by atoms with van der Waals surface area (Å²) < 4.78 is 2.14. The lowest BCUT2D eigenvalue weighted by Gasteiger charge is -2.09. The van der Waals surface area contributed by atoms with Crippen LogP contribution < -0.4 is 0 Å². The van der Waals surface area contributed by atoms with Crippen molar-refractivity contribution < 1.29 is 4.79 Å². The molecule has 0 saturated heterocycles. The molecule has 0 unspecified atom stereocenters. The van der Waals surface area contributed by atoms with E-state index in [0.29, 0.717) is 0 Å². The van der Waals surface area contributed by atoms with E-state index in [2.05, 4.69) is 4.57 Å². The summed E-state index contributed by atoms with van der Waals surface area (Å²) in [5, 5.41) is 0. The first-order chi connectivity index (χ1) is 6.38. The van der Waals surface area contributed by atoms with Crippen LogP contribution in [-0.2, 0) is 6.54 Å². The van der Waals surface area contributed by atoms with Crippen LogP contribution in [0.2, 0.25) is 0 Å². The fourth-order valence-electron chi connectivity index (χ4n) is 2.13. The smallest absolute Gasteiger partial charge is 0.151 e. The van der Waals surface area contributed by atoms with Crippen molar-refractivity contribution in [1.29, 1.82) is 0 Å². The first-order valence-electron chi connectivity index (χ1n) is 4.99. The number of nitrogens with zero attached hydrogens (tertiary/aromatic N) is 1. The third kappa shape index (κ3) is 2.00. The first kappa shape index (κ1) is 8.54. The van der Waals surface area contributed by atoms with E-state index in [1.807, 2.05) is 18.5 Å². The molecule has 0 atom stereocenters. The number of aldehydes is 1. The zero-order chi connectivity index (χ0) is 9.10. The van der Waals surface area contributed by atoms with Gasteiger partial charge in [-0.2, -0.15) is 0 Å². The minimum atomic E-state index is 0.790. The van der Waals surface area contributed by atoms with Gasteiger partial charge in [0.1, 0.15) is 0 Å². The fraction of sp³-hybridized carbons (Fsp3) is 0.545. The number of hydrogen-bond donors (Lipinski definition) is 0. The van der Waals surface area contributed by atoms with Gasteiger partial charge in [0.15, 0.2) is 6.29 Å². The molecule has 0 N–H and O–H groups in total. The third-order valence-corrected chi connectivity index (χ3v) is 2.85. The van der Waals surface area contributed by atoms with Crippen LogP contribution in [0, 0.1) is 5.92 Å². The topological polar surface area (TPSA) is 22.0 Å². The van der Waals surface area contributed by atoms with Crippen molar-refractivity contribution in [2.75, 3.05) is 0 Å². The van der Waals surface area contributed by atoms with E-state index in [9.17, 15) is 4.79 Å². The number of hydrogen-bond acceptors (Lipinski definition) is 1. The zero-order valence-corrected chi connectivity index (χ0v) is 7.78. The van der Waals surface area contributed by atoms with E-state index in [1.165, 1.54) is 25.7 Å². The zero-order valence-electron chi connectivity index (χ0n) is 7.78. The molecule has 0 amide bonds. The minimum Gasteiger partial charge on any atom is -0.353 e. The van der Waals surface area contributed by atoms with Gasteiger partial charge in [0.2, 0.25) is 0 Å². The molecule has 0 aliphatic heterocycles. The Bertz CT molecular complexity index is 284. The summed E-state index contributed by atoms with van der Waals surface area (Å²) in [4.78, 5) is 10.4. The molecule has 2 heteroatoms. The molecule has 2 rings (SSSR count). The SMILES string of the molecule is O=Cc1ccn(CC2CCCC2)c1. The molecule has 13 heavy (non-hydrogen) atoms. The highest BCUT2D eigenvalue weighted by Crippen LogP contribution is 2.26. The highest BCUT2D eigenvalue weighted by atomic mass is 16.1. The van der Waals surface area contributed by atoms with Gasteiger partial charge in [-0.05, 0) is 24.8 Å². The standard InChI is InChI=1S/C11H15NO/c13-9-11-5-6-12(8-11)7-10-3-1-2-4-10/h5-6,8-10H,1-4,7H2. The quantitative estimate of drug-likeness (QED) is 0.650. The number of carbonyl (C=O) groups excluding carboxylic acids is 1. The molecule has 1 aliphatic carbocycles. The first-order valence-corrected chi connectivity index (χ1v) is 4.99. The van der Waals surface area contributed by atoms with Crippen LogP contribution in [-0.4, -0.2) is 10.9 Å². The largest absolute Gasteiger partial charge is 0.353 e. The Morgan fingerprint density at radius 1 is 1.46 bits per heavy atom. The maximum Gasteiger partial charge on any atom is 0.151 e. The van der Waals surface area contributed by atoms with E-state index in [1.54, 1.807) is 0 Å². The summed E-state index contributed by atoms with van der Waals surface area (Å²) in [5.74, 6) is 0.840. The van der Waals surface area contributed by atoms with Crippen LogP contribution in [0.1, 0.15) is 36.0 Å². The summed E-state index contributed by atoms with van der Waals surface area (Å²) >= 11 is 0. The Labute approximate surface area is 78.6 Å². The molecular formula is C11H15NO. The maximum atomic E-state index is 10.4. The minimum absolute atomic E-state index is 0.790. The molecule has 1 aromatic rings. The van der Waals surface area contributed by atoms with Gasteiger partial charge in [0.25, 0.3) is 0 Å². The van der Waals surface area contributed by atoms with Crippen molar-refractivity contribution in [3.8, 4) is 0 Å². The van der Waals surface area contributed by atoms with Gasteiger partial charge in [-0.25, -0.2) is 0 Å². The average molecular weight is 177 g/mol. The second-order valence-corrected chi connectivity index (χ2v) is 3.91. The van der Waals surface area contributed by atoms with Crippen molar-refractivity contribution in [1.82, 2.24) is 4.57 Å². The summed E-state index contributed by atoms with van der Waals surface area (Å²) in [6, 6.07) is 1.88. The third-order valence-electron chi connectivity index (χ3n) is 2.85. The fourth-order valence-corrected chi connectivity index (χ4v) is 2.13. The molecule has 1 aliphatic rings.